The molecule has 1 aliphatic carbocycles. The van der Waals surface area contributed by atoms with Gasteiger partial charge in [-0.2, -0.15) is 0 Å². The molecule has 0 spiro atoms. The van der Waals surface area contributed by atoms with Crippen molar-refractivity contribution in [1.82, 2.24) is 15.2 Å². The maximum Gasteiger partial charge on any atom is 0.320 e. The summed E-state index contributed by atoms with van der Waals surface area (Å²) >= 11 is 6.02. The molecule has 33 heavy (non-hydrogen) atoms. The van der Waals surface area contributed by atoms with Gasteiger partial charge >= 0.3 is 6.03 Å². The molecule has 5 nitrogen and oxygen atoms in total. The number of aromatic nitrogens is 1. The maximum atomic E-state index is 12.7. The van der Waals surface area contributed by atoms with Crippen molar-refractivity contribution in [3.8, 4) is 0 Å². The predicted molar refractivity (Wildman–Crippen MR) is 135 cm³/mol. The Kier molecular flexibility index (Phi) is 6.79. The number of para-hydroxylation sites is 1. The van der Waals surface area contributed by atoms with E-state index < -0.39 is 0 Å². The van der Waals surface area contributed by atoms with Crippen LogP contribution in [0.3, 0.4) is 0 Å². The smallest absolute Gasteiger partial charge is 0.320 e. The number of pyridine rings is 1. The number of fused-ring (bicyclic) bond motifs is 1. The van der Waals surface area contributed by atoms with Crippen LogP contribution in [0.1, 0.15) is 37.7 Å². The van der Waals surface area contributed by atoms with Crippen LogP contribution in [0.4, 0.5) is 10.6 Å². The lowest BCUT2D eigenvalue weighted by atomic mass is 9.89. The van der Waals surface area contributed by atoms with Crippen molar-refractivity contribution >= 4 is 34.4 Å². The lowest BCUT2D eigenvalue weighted by Crippen LogP contribution is -2.52. The summed E-state index contributed by atoms with van der Waals surface area (Å²) < 4.78 is 0. The SMILES string of the molecule is O=C(Nc1ccc2ccccc2n1)N[C@@H]1CCC[C@H]1N1CCC(Cc2ccc(Cl)cc2)CC1. The molecule has 2 atom stereocenters. The Morgan fingerprint density at radius 2 is 1.76 bits per heavy atom. The molecule has 1 aromatic heterocycles. The van der Waals surface area contributed by atoms with Crippen LogP contribution in [0.2, 0.25) is 5.02 Å². The topological polar surface area (TPSA) is 57.3 Å². The summed E-state index contributed by atoms with van der Waals surface area (Å²) in [6.07, 6.45) is 6.89. The number of hydrogen-bond acceptors (Lipinski definition) is 3. The van der Waals surface area contributed by atoms with Gasteiger partial charge in [0.15, 0.2) is 0 Å². The summed E-state index contributed by atoms with van der Waals surface area (Å²) in [5, 5.41) is 8.04. The van der Waals surface area contributed by atoms with Gasteiger partial charge in [-0.1, -0.05) is 41.9 Å². The molecule has 6 heteroatoms. The number of carbonyl (C=O) groups is 1. The molecule has 5 rings (SSSR count). The Bertz CT molecular complexity index is 1090. The van der Waals surface area contributed by atoms with Gasteiger partial charge in [0, 0.05) is 22.5 Å². The van der Waals surface area contributed by atoms with Crippen molar-refractivity contribution in [2.45, 2.75) is 50.6 Å². The number of likely N-dealkylation sites (tertiary alicyclic amines) is 1. The van der Waals surface area contributed by atoms with Crippen molar-refractivity contribution in [3.63, 3.8) is 0 Å². The number of urea groups is 1. The minimum Gasteiger partial charge on any atom is -0.334 e. The number of amides is 2. The number of nitrogens with one attached hydrogen (secondary N) is 2. The highest BCUT2D eigenvalue weighted by atomic mass is 35.5. The normalized spacial score (nSPS) is 21.8. The van der Waals surface area contributed by atoms with Crippen molar-refractivity contribution in [2.75, 3.05) is 18.4 Å². The summed E-state index contributed by atoms with van der Waals surface area (Å²) in [6, 6.07) is 20.5. The van der Waals surface area contributed by atoms with Gasteiger partial charge in [-0.15, -0.1) is 0 Å². The van der Waals surface area contributed by atoms with Crippen LogP contribution < -0.4 is 10.6 Å². The largest absolute Gasteiger partial charge is 0.334 e. The van der Waals surface area contributed by atoms with E-state index >= 15 is 0 Å². The average molecular weight is 463 g/mol. The first-order valence-electron chi connectivity index (χ1n) is 12.1. The molecular formula is C27H31ClN4O. The molecular weight excluding hydrogens is 432 g/mol. The highest BCUT2D eigenvalue weighted by molar-refractivity contribution is 6.30. The van der Waals surface area contributed by atoms with E-state index in [0.29, 0.717) is 11.9 Å². The minimum absolute atomic E-state index is 0.160. The Hall–Kier alpha value is -2.63. The zero-order chi connectivity index (χ0) is 22.6. The summed E-state index contributed by atoms with van der Waals surface area (Å²) in [7, 11) is 0. The maximum absolute atomic E-state index is 12.7. The average Bonchev–Trinajstić information content (AvgIpc) is 3.29. The van der Waals surface area contributed by atoms with Gasteiger partial charge in [-0.25, -0.2) is 9.78 Å². The molecule has 2 aromatic carbocycles. The van der Waals surface area contributed by atoms with E-state index in [1.54, 1.807) is 0 Å². The van der Waals surface area contributed by atoms with Crippen LogP contribution in [0.5, 0.6) is 0 Å². The first-order valence-corrected chi connectivity index (χ1v) is 12.4. The Balaban J connectivity index is 1.13. The fraction of sp³-hybridized carbons (Fsp3) is 0.407. The Morgan fingerprint density at radius 3 is 2.58 bits per heavy atom. The van der Waals surface area contributed by atoms with E-state index in [1.807, 2.05) is 48.5 Å². The van der Waals surface area contributed by atoms with Crippen LogP contribution in [0, 0.1) is 5.92 Å². The Labute approximate surface area is 200 Å². The lowest BCUT2D eigenvalue weighted by Gasteiger charge is -2.38. The molecule has 1 saturated carbocycles. The highest BCUT2D eigenvalue weighted by Gasteiger charge is 2.35. The van der Waals surface area contributed by atoms with Crippen molar-refractivity contribution in [2.24, 2.45) is 5.92 Å². The second kappa shape index (κ2) is 10.1. The molecule has 2 amide bonds. The summed E-state index contributed by atoms with van der Waals surface area (Å²) in [5.74, 6) is 1.31. The van der Waals surface area contributed by atoms with E-state index in [0.717, 1.165) is 60.6 Å². The number of rotatable bonds is 5. The van der Waals surface area contributed by atoms with Crippen molar-refractivity contribution in [1.29, 1.82) is 0 Å². The number of nitrogens with zero attached hydrogens (tertiary/aromatic N) is 2. The number of halogens is 1. The second-order valence-electron chi connectivity index (χ2n) is 9.40. The standard InChI is InChI=1S/C27H31ClN4O/c28-22-11-8-19(9-12-22)18-20-14-16-32(17-15-20)25-7-3-6-24(25)30-27(33)31-26-13-10-21-4-1-2-5-23(21)29-26/h1-2,4-5,8-13,20,24-25H,3,6-7,14-18H2,(H2,29,30,31,33)/t24-,25-/m1/s1. The molecule has 1 saturated heterocycles. The van der Waals surface area contributed by atoms with Crippen LogP contribution in [0.25, 0.3) is 10.9 Å². The van der Waals surface area contributed by atoms with Crippen LogP contribution in [-0.4, -0.2) is 41.1 Å². The zero-order valence-corrected chi connectivity index (χ0v) is 19.6. The van der Waals surface area contributed by atoms with Gasteiger partial charge in [0.25, 0.3) is 0 Å². The van der Waals surface area contributed by atoms with E-state index in [9.17, 15) is 4.79 Å². The Morgan fingerprint density at radius 1 is 0.970 bits per heavy atom. The van der Waals surface area contributed by atoms with Crippen LogP contribution in [-0.2, 0) is 6.42 Å². The van der Waals surface area contributed by atoms with E-state index in [1.165, 1.54) is 18.4 Å². The van der Waals surface area contributed by atoms with E-state index in [2.05, 4.69) is 32.7 Å². The van der Waals surface area contributed by atoms with E-state index in [-0.39, 0.29) is 12.1 Å². The number of anilines is 1. The van der Waals surface area contributed by atoms with Crippen LogP contribution >= 0.6 is 11.6 Å². The summed E-state index contributed by atoms with van der Waals surface area (Å²) in [6.45, 7) is 2.21. The molecule has 0 bridgehead atoms. The molecule has 2 fully saturated rings. The summed E-state index contributed by atoms with van der Waals surface area (Å²) in [4.78, 5) is 19.9. The monoisotopic (exact) mass is 462 g/mol. The number of carbonyl (C=O) groups excluding carboxylic acids is 1. The lowest BCUT2D eigenvalue weighted by molar-refractivity contribution is 0.119. The third-order valence-corrected chi connectivity index (χ3v) is 7.44. The van der Waals surface area contributed by atoms with Gasteiger partial charge in [0.1, 0.15) is 5.82 Å². The van der Waals surface area contributed by atoms with Crippen molar-refractivity contribution < 1.29 is 4.79 Å². The molecule has 0 unspecified atom stereocenters. The molecule has 3 aromatic rings. The number of piperidine rings is 1. The molecule has 0 radical (unpaired) electrons. The first kappa shape index (κ1) is 22.2. The van der Waals surface area contributed by atoms with Crippen LogP contribution in [0.15, 0.2) is 60.7 Å². The van der Waals surface area contributed by atoms with E-state index in [4.69, 9.17) is 11.6 Å². The molecule has 2 heterocycles. The quantitative estimate of drug-likeness (QED) is 0.497. The van der Waals surface area contributed by atoms with Crippen molar-refractivity contribution in [3.05, 3.63) is 71.2 Å². The number of hydrogen-bond donors (Lipinski definition) is 2. The zero-order valence-electron chi connectivity index (χ0n) is 18.8. The fourth-order valence-electron chi connectivity index (χ4n) is 5.44. The molecule has 1 aliphatic heterocycles. The third kappa shape index (κ3) is 5.48. The predicted octanol–water partition coefficient (Wildman–Crippen LogP) is 5.89. The van der Waals surface area contributed by atoms with Gasteiger partial charge < -0.3 is 5.32 Å². The molecule has 2 aliphatic rings. The van der Waals surface area contributed by atoms with Gasteiger partial charge in [-0.05, 0) is 93.4 Å². The second-order valence-corrected chi connectivity index (χ2v) is 9.84. The molecule has 2 N–H and O–H groups in total. The van der Waals surface area contributed by atoms with Gasteiger partial charge in [-0.3, -0.25) is 10.2 Å². The minimum atomic E-state index is -0.160. The fourth-order valence-corrected chi connectivity index (χ4v) is 5.57. The third-order valence-electron chi connectivity index (χ3n) is 7.19. The number of benzene rings is 2. The highest BCUT2D eigenvalue weighted by Crippen LogP contribution is 2.30. The summed E-state index contributed by atoms with van der Waals surface area (Å²) in [5.41, 5.74) is 2.26. The molecule has 172 valence electrons. The van der Waals surface area contributed by atoms with Gasteiger partial charge in [0.05, 0.1) is 5.52 Å². The van der Waals surface area contributed by atoms with Gasteiger partial charge in [0.2, 0.25) is 0 Å². The first-order chi connectivity index (χ1) is 16.1.